The highest BCUT2D eigenvalue weighted by atomic mass is 79.9. The number of halogens is 1. The molecule has 0 unspecified atom stereocenters. The van der Waals surface area contributed by atoms with Gasteiger partial charge in [-0.2, -0.15) is 12.6 Å². The molecule has 0 radical (unpaired) electrons. The Hall–Kier alpha value is -0.750. The number of rotatable bonds is 5. The second kappa shape index (κ2) is 5.97. The molecule has 0 aliphatic rings. The fourth-order valence-corrected chi connectivity index (χ4v) is 1.62. The van der Waals surface area contributed by atoms with Crippen LogP contribution in [0.2, 0.25) is 0 Å². The topological polar surface area (TPSA) is 52.4 Å². The summed E-state index contributed by atoms with van der Waals surface area (Å²) < 4.78 is 5.93. The molecule has 0 saturated carbocycles. The number of thiol groups is 1. The molecular weight excluding hydrogens is 282 g/mol. The van der Waals surface area contributed by atoms with Gasteiger partial charge in [0.05, 0.1) is 16.0 Å². The number of hydrogen-bond acceptors (Lipinski definition) is 4. The summed E-state index contributed by atoms with van der Waals surface area (Å²) in [6.45, 7) is 0.424. The summed E-state index contributed by atoms with van der Waals surface area (Å²) in [6.07, 6.45) is 0.752. The molecule has 4 nitrogen and oxygen atoms in total. The monoisotopic (exact) mass is 291 g/mol. The molecule has 0 atom stereocenters. The highest BCUT2D eigenvalue weighted by molar-refractivity contribution is 9.10. The quantitative estimate of drug-likeness (QED) is 0.393. The van der Waals surface area contributed by atoms with Crippen molar-refractivity contribution in [2.75, 3.05) is 12.4 Å². The van der Waals surface area contributed by atoms with Gasteiger partial charge in [-0.05, 0) is 34.2 Å². The number of nitro benzene ring substituents is 1. The number of hydrogen-bond donors (Lipinski definition) is 1. The van der Waals surface area contributed by atoms with Crippen LogP contribution in [0, 0.1) is 10.1 Å². The number of nitro groups is 1. The van der Waals surface area contributed by atoms with Gasteiger partial charge in [-0.25, -0.2) is 0 Å². The highest BCUT2D eigenvalue weighted by Crippen LogP contribution is 2.34. The minimum Gasteiger partial charge on any atom is -0.486 e. The van der Waals surface area contributed by atoms with Crippen LogP contribution < -0.4 is 4.74 Å². The summed E-state index contributed by atoms with van der Waals surface area (Å²) in [5, 5.41) is 10.7. The summed E-state index contributed by atoms with van der Waals surface area (Å²) in [5.41, 5.74) is -0.0245. The smallest absolute Gasteiger partial charge is 0.312 e. The Bertz CT molecular complexity index is 359. The largest absolute Gasteiger partial charge is 0.486 e. The van der Waals surface area contributed by atoms with Crippen molar-refractivity contribution in [2.45, 2.75) is 6.42 Å². The van der Waals surface area contributed by atoms with Crippen LogP contribution in [0.5, 0.6) is 5.75 Å². The molecule has 1 rings (SSSR count). The van der Waals surface area contributed by atoms with Crippen LogP contribution in [-0.2, 0) is 0 Å². The van der Waals surface area contributed by atoms with E-state index in [9.17, 15) is 10.1 Å². The maximum atomic E-state index is 10.7. The fourth-order valence-electron chi connectivity index (χ4n) is 1.02. The van der Waals surface area contributed by atoms with Crippen LogP contribution >= 0.6 is 28.6 Å². The average Bonchev–Trinajstić information content (AvgIpc) is 2.20. The van der Waals surface area contributed by atoms with Crippen LogP contribution in [0.15, 0.2) is 22.7 Å². The Morgan fingerprint density at radius 1 is 1.53 bits per heavy atom. The van der Waals surface area contributed by atoms with Gasteiger partial charge in [0.25, 0.3) is 0 Å². The molecule has 0 heterocycles. The molecule has 0 aliphatic heterocycles. The van der Waals surface area contributed by atoms with Crippen LogP contribution in [0.1, 0.15) is 6.42 Å². The van der Waals surface area contributed by atoms with Gasteiger partial charge in [0.1, 0.15) is 0 Å². The molecule has 1 aromatic carbocycles. The van der Waals surface area contributed by atoms with Gasteiger partial charge in [-0.1, -0.05) is 6.07 Å². The maximum absolute atomic E-state index is 10.7. The van der Waals surface area contributed by atoms with Crippen molar-refractivity contribution in [2.24, 2.45) is 0 Å². The third-order valence-corrected chi connectivity index (χ3v) is 2.63. The Labute approximate surface area is 101 Å². The molecule has 1 aromatic rings. The second-order valence-electron chi connectivity index (χ2n) is 2.77. The van der Waals surface area contributed by atoms with Gasteiger partial charge in [-0.3, -0.25) is 10.1 Å². The molecule has 0 aliphatic carbocycles. The zero-order valence-corrected chi connectivity index (χ0v) is 10.3. The Morgan fingerprint density at radius 2 is 2.27 bits per heavy atom. The third-order valence-electron chi connectivity index (χ3n) is 1.69. The highest BCUT2D eigenvalue weighted by Gasteiger charge is 2.17. The van der Waals surface area contributed by atoms with E-state index in [0.29, 0.717) is 16.8 Å². The first kappa shape index (κ1) is 12.3. The summed E-state index contributed by atoms with van der Waals surface area (Å²) in [5.74, 6) is 0.974. The number of ether oxygens (including phenoxy) is 1. The van der Waals surface area contributed by atoms with Gasteiger partial charge in [0.15, 0.2) is 0 Å². The molecule has 0 amide bonds. The van der Waals surface area contributed by atoms with Gasteiger partial charge in [-0.15, -0.1) is 0 Å². The summed E-state index contributed by atoms with van der Waals surface area (Å²) >= 11 is 7.25. The van der Waals surface area contributed by atoms with Crippen molar-refractivity contribution < 1.29 is 9.66 Å². The minimum atomic E-state index is -0.458. The Kier molecular flexibility index (Phi) is 4.90. The van der Waals surface area contributed by atoms with Gasteiger partial charge >= 0.3 is 5.69 Å². The molecule has 0 saturated heterocycles. The lowest BCUT2D eigenvalue weighted by atomic mass is 10.3. The fraction of sp³-hybridized carbons (Fsp3) is 0.333. The summed E-state index contributed by atoms with van der Waals surface area (Å²) in [6, 6.07) is 4.73. The molecule has 0 fully saturated rings. The molecule has 15 heavy (non-hydrogen) atoms. The van der Waals surface area contributed by atoms with E-state index >= 15 is 0 Å². The van der Waals surface area contributed by atoms with E-state index in [1.165, 1.54) is 6.07 Å². The lowest BCUT2D eigenvalue weighted by molar-refractivity contribution is -0.386. The molecule has 6 heteroatoms. The standard InChI is InChI=1S/C9H10BrNO3S/c10-7-3-1-4-8(11(12)13)9(7)14-5-2-6-15/h1,3-4,15H,2,5-6H2. The number of benzene rings is 1. The van der Waals surface area contributed by atoms with Crippen molar-refractivity contribution in [1.29, 1.82) is 0 Å². The Balaban J connectivity index is 2.87. The van der Waals surface area contributed by atoms with Gasteiger partial charge in [0.2, 0.25) is 5.75 Å². The van der Waals surface area contributed by atoms with Crippen LogP contribution in [0.25, 0.3) is 0 Å². The zero-order chi connectivity index (χ0) is 11.3. The number of nitrogens with zero attached hydrogens (tertiary/aromatic N) is 1. The van der Waals surface area contributed by atoms with E-state index in [4.69, 9.17) is 4.74 Å². The molecule has 82 valence electrons. The predicted molar refractivity (Wildman–Crippen MR) is 64.8 cm³/mol. The van der Waals surface area contributed by atoms with Gasteiger partial charge < -0.3 is 4.74 Å². The number of para-hydroxylation sites is 1. The summed E-state index contributed by atoms with van der Waals surface area (Å²) in [4.78, 5) is 10.2. The average molecular weight is 292 g/mol. The van der Waals surface area contributed by atoms with E-state index < -0.39 is 4.92 Å². The molecule has 0 aromatic heterocycles. The van der Waals surface area contributed by atoms with E-state index in [1.54, 1.807) is 12.1 Å². The molecular formula is C9H10BrNO3S. The Morgan fingerprint density at radius 3 is 2.87 bits per heavy atom. The zero-order valence-electron chi connectivity index (χ0n) is 7.85. The van der Waals surface area contributed by atoms with E-state index in [2.05, 4.69) is 28.6 Å². The lowest BCUT2D eigenvalue weighted by Gasteiger charge is -2.07. The van der Waals surface area contributed by atoms with Crippen molar-refractivity contribution >= 4 is 34.2 Å². The third kappa shape index (κ3) is 3.39. The molecule has 0 bridgehead atoms. The molecule has 0 N–H and O–H groups in total. The first-order chi connectivity index (χ1) is 7.16. The minimum absolute atomic E-state index is 0.0245. The van der Waals surface area contributed by atoms with E-state index in [0.717, 1.165) is 6.42 Å². The summed E-state index contributed by atoms with van der Waals surface area (Å²) in [7, 11) is 0. The SMILES string of the molecule is O=[N+]([O-])c1cccc(Br)c1OCCCS. The van der Waals surface area contributed by atoms with Crippen LogP contribution in [0.4, 0.5) is 5.69 Å². The van der Waals surface area contributed by atoms with Crippen molar-refractivity contribution in [3.05, 3.63) is 32.8 Å². The van der Waals surface area contributed by atoms with Crippen molar-refractivity contribution in [1.82, 2.24) is 0 Å². The maximum Gasteiger partial charge on any atom is 0.312 e. The first-order valence-electron chi connectivity index (χ1n) is 4.33. The lowest BCUT2D eigenvalue weighted by Crippen LogP contribution is -2.01. The second-order valence-corrected chi connectivity index (χ2v) is 4.07. The first-order valence-corrected chi connectivity index (χ1v) is 5.76. The van der Waals surface area contributed by atoms with Crippen LogP contribution in [-0.4, -0.2) is 17.3 Å². The van der Waals surface area contributed by atoms with Gasteiger partial charge in [0, 0.05) is 6.07 Å². The predicted octanol–water partition coefficient (Wildman–Crippen LogP) is 3.06. The van der Waals surface area contributed by atoms with Crippen LogP contribution in [0.3, 0.4) is 0 Å². The van der Waals surface area contributed by atoms with Crippen molar-refractivity contribution in [3.63, 3.8) is 0 Å². The van der Waals surface area contributed by atoms with Crippen molar-refractivity contribution in [3.8, 4) is 5.75 Å². The van der Waals surface area contributed by atoms with E-state index in [1.807, 2.05) is 0 Å². The molecule has 0 spiro atoms. The van der Waals surface area contributed by atoms with E-state index in [-0.39, 0.29) is 11.4 Å². The normalized spacial score (nSPS) is 10.0.